The largest absolute Gasteiger partial charge is 0.472 e. The van der Waals surface area contributed by atoms with Crippen LogP contribution in [-0.2, 0) is 65.4 Å². The van der Waals surface area contributed by atoms with E-state index in [4.69, 9.17) is 37.0 Å². The van der Waals surface area contributed by atoms with E-state index in [0.29, 0.717) is 31.6 Å². The number of phosphoric ester groups is 2. The van der Waals surface area contributed by atoms with Crippen molar-refractivity contribution in [3.05, 3.63) is 0 Å². The van der Waals surface area contributed by atoms with Crippen LogP contribution in [0.25, 0.3) is 0 Å². The van der Waals surface area contributed by atoms with Gasteiger partial charge in [0.15, 0.2) is 12.2 Å². The smallest absolute Gasteiger partial charge is 0.462 e. The first-order chi connectivity index (χ1) is 49.8. The van der Waals surface area contributed by atoms with Crippen LogP contribution in [0.15, 0.2) is 0 Å². The Hall–Kier alpha value is -1.94. The molecule has 17 nitrogen and oxygen atoms in total. The second-order valence-electron chi connectivity index (χ2n) is 31.4. The minimum absolute atomic E-state index is 0.107. The molecule has 0 aromatic carbocycles. The van der Waals surface area contributed by atoms with Crippen LogP contribution < -0.4 is 0 Å². The third-order valence-electron chi connectivity index (χ3n) is 20.0. The van der Waals surface area contributed by atoms with Gasteiger partial charge in [0.1, 0.15) is 19.3 Å². The third-order valence-corrected chi connectivity index (χ3v) is 21.9. The Balaban J connectivity index is 5.20. The summed E-state index contributed by atoms with van der Waals surface area (Å²) in [6, 6.07) is 0. The van der Waals surface area contributed by atoms with Gasteiger partial charge in [-0.1, -0.05) is 389 Å². The molecule has 3 unspecified atom stereocenters. The summed E-state index contributed by atoms with van der Waals surface area (Å²) in [6.45, 7) is 12.0. The number of esters is 4. The first-order valence-corrected chi connectivity index (χ1v) is 46.4. The average Bonchev–Trinajstić information content (AvgIpc) is 1.38. The fourth-order valence-corrected chi connectivity index (χ4v) is 14.6. The molecule has 0 fully saturated rings. The Labute approximate surface area is 632 Å². The van der Waals surface area contributed by atoms with Gasteiger partial charge in [-0.3, -0.25) is 37.3 Å². The zero-order chi connectivity index (χ0) is 75.8. The molecule has 103 heavy (non-hydrogen) atoms. The number of hydrogen-bond donors (Lipinski definition) is 3. The predicted molar refractivity (Wildman–Crippen MR) is 423 cm³/mol. The lowest BCUT2D eigenvalue weighted by Crippen LogP contribution is -2.30. The molecule has 0 heterocycles. The predicted octanol–water partition coefficient (Wildman–Crippen LogP) is 25.3. The zero-order valence-corrected chi connectivity index (χ0v) is 69.6. The summed E-state index contributed by atoms with van der Waals surface area (Å²) in [6.07, 6.45) is 64.0. The van der Waals surface area contributed by atoms with E-state index >= 15 is 0 Å². The summed E-state index contributed by atoms with van der Waals surface area (Å²) in [5.41, 5.74) is 0. The molecular formula is C84H164O17P2. The molecule has 0 aliphatic rings. The quantitative estimate of drug-likeness (QED) is 0.0222. The normalized spacial score (nSPS) is 14.2. The molecule has 0 aromatic heterocycles. The number of aliphatic hydroxyl groups excluding tert-OH is 1. The van der Waals surface area contributed by atoms with E-state index in [1.54, 1.807) is 0 Å². The maximum atomic E-state index is 13.1. The lowest BCUT2D eigenvalue weighted by Gasteiger charge is -2.21. The molecule has 3 N–H and O–H groups in total. The van der Waals surface area contributed by atoms with Crippen molar-refractivity contribution in [1.82, 2.24) is 0 Å². The number of phosphoric acid groups is 2. The van der Waals surface area contributed by atoms with Crippen molar-refractivity contribution in [2.45, 2.75) is 458 Å². The molecule has 0 bridgehead atoms. The van der Waals surface area contributed by atoms with Crippen molar-refractivity contribution in [2.75, 3.05) is 39.6 Å². The average molecular weight is 1510 g/mol. The number of unbranched alkanes of at least 4 members (excludes halogenated alkanes) is 49. The molecule has 6 atom stereocenters. The van der Waals surface area contributed by atoms with Crippen LogP contribution >= 0.6 is 15.6 Å². The van der Waals surface area contributed by atoms with Crippen LogP contribution in [0.5, 0.6) is 0 Å². The third kappa shape index (κ3) is 76.6. The second-order valence-corrected chi connectivity index (χ2v) is 34.3. The Kier molecular flexibility index (Phi) is 72.8. The van der Waals surface area contributed by atoms with Gasteiger partial charge < -0.3 is 33.8 Å². The Morgan fingerprint density at radius 1 is 0.282 bits per heavy atom. The maximum absolute atomic E-state index is 13.1. The summed E-state index contributed by atoms with van der Waals surface area (Å²) in [7, 11) is -9.92. The molecule has 0 saturated heterocycles. The Morgan fingerprint density at radius 2 is 0.495 bits per heavy atom. The summed E-state index contributed by atoms with van der Waals surface area (Å²) < 4.78 is 68.7. The van der Waals surface area contributed by atoms with Gasteiger partial charge in [-0.15, -0.1) is 0 Å². The zero-order valence-electron chi connectivity index (χ0n) is 67.8. The van der Waals surface area contributed by atoms with E-state index < -0.39 is 97.5 Å². The summed E-state index contributed by atoms with van der Waals surface area (Å²) >= 11 is 0. The number of ether oxygens (including phenoxy) is 4. The maximum Gasteiger partial charge on any atom is 0.472 e. The van der Waals surface area contributed by atoms with Crippen molar-refractivity contribution < 1.29 is 80.2 Å². The van der Waals surface area contributed by atoms with Crippen molar-refractivity contribution >= 4 is 39.5 Å². The van der Waals surface area contributed by atoms with Gasteiger partial charge in [-0.25, -0.2) is 9.13 Å². The number of hydrogen-bond acceptors (Lipinski definition) is 15. The lowest BCUT2D eigenvalue weighted by atomic mass is 9.99. The highest BCUT2D eigenvalue weighted by atomic mass is 31.2. The van der Waals surface area contributed by atoms with Crippen LogP contribution in [0.4, 0.5) is 0 Å². The number of carbonyl (C=O) groups is 4. The van der Waals surface area contributed by atoms with Gasteiger partial charge in [0.25, 0.3) is 0 Å². The van der Waals surface area contributed by atoms with Gasteiger partial charge in [-0.2, -0.15) is 0 Å². The lowest BCUT2D eigenvalue weighted by molar-refractivity contribution is -0.161. The Bertz CT molecular complexity index is 1990. The van der Waals surface area contributed by atoms with Crippen LogP contribution in [0.3, 0.4) is 0 Å². The molecule has 0 saturated carbocycles. The van der Waals surface area contributed by atoms with E-state index in [2.05, 4.69) is 48.5 Å². The SMILES string of the molecule is CCCCCCCCCCCCCCCC(=O)O[C@H](COC(=O)CCCCCCCCC(C)C)COP(=O)(O)OC[C@H](O)COP(=O)(O)OC[C@@H](COC(=O)CCCCCCCCCCCCCCCCCCC(C)C)OC(=O)CCCCCCCCCCCCCCCCCCCCC(C)CC. The van der Waals surface area contributed by atoms with Gasteiger partial charge in [0, 0.05) is 25.7 Å². The summed E-state index contributed by atoms with van der Waals surface area (Å²) in [5, 5.41) is 10.6. The topological polar surface area (TPSA) is 237 Å². The van der Waals surface area contributed by atoms with Crippen molar-refractivity contribution in [2.24, 2.45) is 17.8 Å². The van der Waals surface area contributed by atoms with Crippen molar-refractivity contribution in [3.8, 4) is 0 Å². The fraction of sp³-hybridized carbons (Fsp3) is 0.952. The van der Waals surface area contributed by atoms with Crippen LogP contribution in [0, 0.1) is 17.8 Å². The van der Waals surface area contributed by atoms with E-state index in [9.17, 15) is 43.2 Å². The summed E-state index contributed by atoms with van der Waals surface area (Å²) in [5.74, 6) is 0.254. The standard InChI is InChI=1S/C84H164O17P2/c1-8-10-11-12-13-14-15-26-34-39-44-53-60-67-84(89)101-80(72-95-82(87)66-59-52-47-46-49-56-63-76(5)6)74-99-103(92,93)97-70-78(85)69-96-102(90,91)98-73-79(71-94-81(86)65-58-51-43-38-33-29-24-21-20-22-27-31-36-41-48-55-62-75(3)4)100-83(88)68-61-54-45-40-35-30-25-19-17-16-18-23-28-32-37-42-50-57-64-77(7)9-2/h75-80,85H,8-74H2,1-7H3,(H,90,91)(H,92,93)/t77?,78-,79-,80-/m1/s1. The molecule has 0 aliphatic heterocycles. The van der Waals surface area contributed by atoms with E-state index in [0.717, 1.165) is 108 Å². The molecule has 0 aromatic rings. The highest BCUT2D eigenvalue weighted by molar-refractivity contribution is 7.47. The number of rotatable bonds is 82. The van der Waals surface area contributed by atoms with Crippen LogP contribution in [0.1, 0.15) is 440 Å². The van der Waals surface area contributed by atoms with Gasteiger partial charge in [0.05, 0.1) is 26.4 Å². The Morgan fingerprint density at radius 3 is 0.738 bits per heavy atom. The molecule has 612 valence electrons. The van der Waals surface area contributed by atoms with Crippen molar-refractivity contribution in [1.29, 1.82) is 0 Å². The van der Waals surface area contributed by atoms with Gasteiger partial charge in [0.2, 0.25) is 0 Å². The highest BCUT2D eigenvalue weighted by Crippen LogP contribution is 2.45. The first-order valence-electron chi connectivity index (χ1n) is 43.4. The number of aliphatic hydroxyl groups is 1. The monoisotopic (exact) mass is 1510 g/mol. The molecule has 0 aliphatic carbocycles. The van der Waals surface area contributed by atoms with Crippen LogP contribution in [0.2, 0.25) is 0 Å². The van der Waals surface area contributed by atoms with E-state index in [1.807, 2.05) is 0 Å². The number of carbonyl (C=O) groups excluding carboxylic acids is 4. The minimum atomic E-state index is -4.96. The first kappa shape index (κ1) is 101. The molecule has 0 radical (unpaired) electrons. The van der Waals surface area contributed by atoms with Gasteiger partial charge >= 0.3 is 39.5 Å². The molecule has 19 heteroatoms. The van der Waals surface area contributed by atoms with Crippen LogP contribution in [-0.4, -0.2) is 96.7 Å². The van der Waals surface area contributed by atoms with E-state index in [-0.39, 0.29) is 25.7 Å². The van der Waals surface area contributed by atoms with Gasteiger partial charge in [-0.05, 0) is 43.4 Å². The van der Waals surface area contributed by atoms with Crippen molar-refractivity contribution in [3.63, 3.8) is 0 Å². The molecule has 0 rings (SSSR count). The van der Waals surface area contributed by atoms with E-state index in [1.165, 1.54) is 244 Å². The highest BCUT2D eigenvalue weighted by Gasteiger charge is 2.30. The molecule has 0 spiro atoms. The molecular weight excluding hydrogens is 1340 g/mol. The molecule has 0 amide bonds. The fourth-order valence-electron chi connectivity index (χ4n) is 13.0. The summed E-state index contributed by atoms with van der Waals surface area (Å²) in [4.78, 5) is 73.1. The second kappa shape index (κ2) is 74.2. The minimum Gasteiger partial charge on any atom is -0.462 e.